The Morgan fingerprint density at radius 3 is 2.45 bits per heavy atom. The zero-order valence-electron chi connectivity index (χ0n) is 17.2. The number of benzene rings is 2. The standard InChI is InChI=1S/C23H30N2O3S/c1-18-9-6-10-19(2)22(18)24-23(26)21-14-7-15-25(17-21)29(27,28)16-8-13-20-11-4-3-5-12-20/h3-6,9-12,21H,7-8,13-17H2,1-2H3,(H,24,26)/t21-/m1/s1. The second-order valence-corrected chi connectivity index (χ2v) is 9.95. The zero-order valence-corrected chi connectivity index (χ0v) is 18.0. The normalized spacial score (nSPS) is 17.8. The highest BCUT2D eigenvalue weighted by molar-refractivity contribution is 7.89. The van der Waals surface area contributed by atoms with E-state index in [4.69, 9.17) is 0 Å². The van der Waals surface area contributed by atoms with Crippen LogP contribution in [-0.2, 0) is 21.2 Å². The van der Waals surface area contributed by atoms with Crippen LogP contribution < -0.4 is 5.32 Å². The fourth-order valence-corrected chi connectivity index (χ4v) is 5.46. The van der Waals surface area contributed by atoms with E-state index in [2.05, 4.69) is 5.32 Å². The lowest BCUT2D eigenvalue weighted by molar-refractivity contribution is -0.120. The van der Waals surface area contributed by atoms with Crippen LogP contribution in [0.3, 0.4) is 0 Å². The Hall–Kier alpha value is -2.18. The number of carbonyl (C=O) groups is 1. The number of aryl methyl sites for hydroxylation is 3. The molecule has 1 fully saturated rings. The van der Waals surface area contributed by atoms with Crippen LogP contribution in [0.1, 0.15) is 36.0 Å². The van der Waals surface area contributed by atoms with Gasteiger partial charge in [-0.2, -0.15) is 0 Å². The fourth-order valence-electron chi connectivity index (χ4n) is 3.88. The Kier molecular flexibility index (Phi) is 7.09. The maximum Gasteiger partial charge on any atom is 0.228 e. The smallest absolute Gasteiger partial charge is 0.228 e. The third-order valence-electron chi connectivity index (χ3n) is 5.59. The minimum absolute atomic E-state index is 0.0911. The Labute approximate surface area is 174 Å². The molecule has 29 heavy (non-hydrogen) atoms. The van der Waals surface area contributed by atoms with Gasteiger partial charge in [0, 0.05) is 18.8 Å². The number of amides is 1. The molecule has 1 amide bonds. The van der Waals surface area contributed by atoms with Crippen molar-refractivity contribution in [1.29, 1.82) is 0 Å². The average Bonchev–Trinajstić information content (AvgIpc) is 2.71. The topological polar surface area (TPSA) is 66.5 Å². The van der Waals surface area contributed by atoms with Crippen molar-refractivity contribution in [1.82, 2.24) is 4.31 Å². The molecule has 1 saturated heterocycles. The molecule has 0 bridgehead atoms. The number of anilines is 1. The van der Waals surface area contributed by atoms with Crippen LogP contribution >= 0.6 is 0 Å². The van der Waals surface area contributed by atoms with Crippen LogP contribution in [-0.4, -0.2) is 37.5 Å². The number of nitrogens with zero attached hydrogens (tertiary/aromatic N) is 1. The van der Waals surface area contributed by atoms with Crippen molar-refractivity contribution in [2.45, 2.75) is 39.5 Å². The lowest BCUT2D eigenvalue weighted by Gasteiger charge is -2.31. The highest BCUT2D eigenvalue weighted by atomic mass is 32.2. The average molecular weight is 415 g/mol. The summed E-state index contributed by atoms with van der Waals surface area (Å²) in [5.74, 6) is -0.286. The number of sulfonamides is 1. The Morgan fingerprint density at radius 1 is 1.07 bits per heavy atom. The van der Waals surface area contributed by atoms with Crippen LogP contribution in [0.25, 0.3) is 0 Å². The highest BCUT2D eigenvalue weighted by Crippen LogP contribution is 2.24. The van der Waals surface area contributed by atoms with Gasteiger partial charge in [-0.1, -0.05) is 48.5 Å². The molecule has 6 heteroatoms. The molecule has 1 heterocycles. The van der Waals surface area contributed by atoms with Gasteiger partial charge in [-0.05, 0) is 56.2 Å². The Morgan fingerprint density at radius 2 is 1.76 bits per heavy atom. The third-order valence-corrected chi connectivity index (χ3v) is 7.51. The van der Waals surface area contributed by atoms with Crippen LogP contribution in [0.5, 0.6) is 0 Å². The molecular formula is C23H30N2O3S. The van der Waals surface area contributed by atoms with E-state index in [0.29, 0.717) is 25.8 Å². The van der Waals surface area contributed by atoms with Crippen molar-refractivity contribution in [3.05, 3.63) is 65.2 Å². The predicted octanol–water partition coefficient (Wildman–Crippen LogP) is 3.92. The molecule has 1 aliphatic heterocycles. The molecule has 2 aromatic carbocycles. The monoisotopic (exact) mass is 414 g/mol. The van der Waals surface area contributed by atoms with Crippen LogP contribution in [0.15, 0.2) is 48.5 Å². The van der Waals surface area contributed by atoms with Crippen molar-refractivity contribution in [3.63, 3.8) is 0 Å². The summed E-state index contributed by atoms with van der Waals surface area (Å²) in [6.07, 6.45) is 2.75. The summed E-state index contributed by atoms with van der Waals surface area (Å²) >= 11 is 0. The first-order valence-corrected chi connectivity index (χ1v) is 11.9. The van der Waals surface area contributed by atoms with Gasteiger partial charge in [0.05, 0.1) is 11.7 Å². The minimum atomic E-state index is -3.36. The van der Waals surface area contributed by atoms with E-state index in [1.165, 1.54) is 4.31 Å². The van der Waals surface area contributed by atoms with Gasteiger partial charge in [-0.3, -0.25) is 4.79 Å². The highest BCUT2D eigenvalue weighted by Gasteiger charge is 2.32. The van der Waals surface area contributed by atoms with Crippen LogP contribution in [0, 0.1) is 19.8 Å². The maximum absolute atomic E-state index is 12.8. The van der Waals surface area contributed by atoms with Crippen molar-refractivity contribution >= 4 is 21.6 Å². The SMILES string of the molecule is Cc1cccc(C)c1NC(=O)[C@@H]1CCCN(S(=O)(=O)CCCc2ccccc2)C1. The molecule has 156 valence electrons. The van der Waals surface area contributed by atoms with E-state index < -0.39 is 10.0 Å². The molecule has 1 aliphatic rings. The third kappa shape index (κ3) is 5.67. The van der Waals surface area contributed by atoms with E-state index in [9.17, 15) is 13.2 Å². The molecule has 0 radical (unpaired) electrons. The van der Waals surface area contributed by atoms with Gasteiger partial charge in [0.25, 0.3) is 0 Å². The van der Waals surface area contributed by atoms with Gasteiger partial charge in [-0.25, -0.2) is 12.7 Å². The summed E-state index contributed by atoms with van der Waals surface area (Å²) in [6, 6.07) is 15.8. The van der Waals surface area contributed by atoms with Crippen LogP contribution in [0.4, 0.5) is 5.69 Å². The molecule has 0 saturated carbocycles. The summed E-state index contributed by atoms with van der Waals surface area (Å²) in [5, 5.41) is 3.02. The van der Waals surface area contributed by atoms with Gasteiger partial charge in [0.15, 0.2) is 0 Å². The molecule has 0 aromatic heterocycles. The van der Waals surface area contributed by atoms with Crippen LogP contribution in [0.2, 0.25) is 0 Å². The number of carbonyl (C=O) groups excluding carboxylic acids is 1. The number of hydrogen-bond acceptors (Lipinski definition) is 3. The van der Waals surface area contributed by atoms with E-state index in [1.807, 2.05) is 62.4 Å². The first-order chi connectivity index (χ1) is 13.9. The second-order valence-electron chi connectivity index (χ2n) is 7.86. The van der Waals surface area contributed by atoms with E-state index >= 15 is 0 Å². The first kappa shape index (κ1) is 21.5. The van der Waals surface area contributed by atoms with Gasteiger partial charge >= 0.3 is 0 Å². The molecular weight excluding hydrogens is 384 g/mol. The summed E-state index contributed by atoms with van der Waals surface area (Å²) < 4.78 is 27.1. The maximum atomic E-state index is 12.8. The minimum Gasteiger partial charge on any atom is -0.325 e. The van der Waals surface area contributed by atoms with Gasteiger partial charge in [-0.15, -0.1) is 0 Å². The van der Waals surface area contributed by atoms with Gasteiger partial charge in [0.2, 0.25) is 15.9 Å². The second kappa shape index (κ2) is 9.55. The lowest BCUT2D eigenvalue weighted by atomic mass is 9.98. The number of hydrogen-bond donors (Lipinski definition) is 1. The molecule has 0 aliphatic carbocycles. The number of rotatable bonds is 7. The van der Waals surface area contributed by atoms with Crippen molar-refractivity contribution in [3.8, 4) is 0 Å². The zero-order chi connectivity index (χ0) is 20.9. The summed E-state index contributed by atoms with van der Waals surface area (Å²) in [5.41, 5.74) is 4.01. The number of piperidine rings is 1. The fraction of sp³-hybridized carbons (Fsp3) is 0.435. The quantitative estimate of drug-likeness (QED) is 0.747. The largest absolute Gasteiger partial charge is 0.325 e. The lowest BCUT2D eigenvalue weighted by Crippen LogP contribution is -2.44. The predicted molar refractivity (Wildman–Crippen MR) is 117 cm³/mol. The molecule has 0 unspecified atom stereocenters. The summed E-state index contributed by atoms with van der Waals surface area (Å²) in [6.45, 7) is 4.70. The molecule has 5 nitrogen and oxygen atoms in total. The molecule has 1 N–H and O–H groups in total. The van der Waals surface area contributed by atoms with Crippen molar-refractivity contribution < 1.29 is 13.2 Å². The Balaban J connectivity index is 1.58. The van der Waals surface area contributed by atoms with Gasteiger partial charge in [0.1, 0.15) is 0 Å². The molecule has 3 rings (SSSR count). The number of nitrogens with one attached hydrogen (secondary N) is 1. The first-order valence-electron chi connectivity index (χ1n) is 10.3. The Bertz CT molecular complexity index is 922. The number of para-hydroxylation sites is 1. The molecule has 1 atom stereocenters. The van der Waals surface area contributed by atoms with Gasteiger partial charge < -0.3 is 5.32 Å². The molecule has 0 spiro atoms. The van der Waals surface area contributed by atoms with E-state index in [0.717, 1.165) is 28.8 Å². The molecule has 2 aromatic rings. The summed E-state index contributed by atoms with van der Waals surface area (Å²) in [7, 11) is -3.36. The summed E-state index contributed by atoms with van der Waals surface area (Å²) in [4.78, 5) is 12.8. The van der Waals surface area contributed by atoms with E-state index in [-0.39, 0.29) is 24.1 Å². The van der Waals surface area contributed by atoms with Crippen molar-refractivity contribution in [2.75, 3.05) is 24.2 Å². The van der Waals surface area contributed by atoms with Crippen molar-refractivity contribution in [2.24, 2.45) is 5.92 Å². The van der Waals surface area contributed by atoms with E-state index in [1.54, 1.807) is 0 Å².